The SMILES string of the molecule is Cc1cnc(SC2CCC(N(C(=O)C3CCC(C)CC3)c3cc(C#CC(C)(C)C)sc3C(=O)O)CC2)s1. The number of carbonyl (C=O) groups is 2. The first-order valence-electron chi connectivity index (χ1n) is 13.3. The number of thiophene rings is 1. The molecule has 2 aliphatic rings. The highest BCUT2D eigenvalue weighted by Gasteiger charge is 2.37. The molecule has 1 amide bonds. The Labute approximate surface area is 233 Å². The van der Waals surface area contributed by atoms with Gasteiger partial charge in [-0.2, -0.15) is 0 Å². The predicted molar refractivity (Wildman–Crippen MR) is 155 cm³/mol. The number of carboxylic acids is 1. The van der Waals surface area contributed by atoms with Gasteiger partial charge in [-0.1, -0.05) is 30.5 Å². The van der Waals surface area contributed by atoms with Gasteiger partial charge in [-0.3, -0.25) is 4.79 Å². The van der Waals surface area contributed by atoms with Crippen molar-refractivity contribution < 1.29 is 14.7 Å². The molecule has 2 aliphatic carbocycles. The van der Waals surface area contributed by atoms with Gasteiger partial charge in [0, 0.05) is 33.7 Å². The summed E-state index contributed by atoms with van der Waals surface area (Å²) in [6.45, 7) is 10.4. The summed E-state index contributed by atoms with van der Waals surface area (Å²) in [5.41, 5.74) is 0.361. The lowest BCUT2D eigenvalue weighted by atomic mass is 9.81. The molecule has 2 aromatic rings. The number of anilines is 1. The first-order valence-corrected chi connectivity index (χ1v) is 15.8. The number of aromatic nitrogens is 1. The number of amides is 1. The molecule has 0 aliphatic heterocycles. The second-order valence-corrected chi connectivity index (χ2v) is 15.4. The third-order valence-corrected chi connectivity index (χ3v) is 10.6. The van der Waals surface area contributed by atoms with Crippen LogP contribution in [0, 0.1) is 36.0 Å². The Hall–Kier alpha value is -1.82. The van der Waals surface area contributed by atoms with E-state index in [4.69, 9.17) is 0 Å². The van der Waals surface area contributed by atoms with E-state index >= 15 is 0 Å². The molecule has 200 valence electrons. The molecule has 0 aromatic carbocycles. The molecule has 0 saturated heterocycles. The van der Waals surface area contributed by atoms with Gasteiger partial charge in [0.2, 0.25) is 5.91 Å². The van der Waals surface area contributed by atoms with Crippen molar-refractivity contribution in [2.75, 3.05) is 4.90 Å². The van der Waals surface area contributed by atoms with Crippen LogP contribution in [0.5, 0.6) is 0 Å². The lowest BCUT2D eigenvalue weighted by Crippen LogP contribution is -2.46. The van der Waals surface area contributed by atoms with Crippen molar-refractivity contribution in [3.63, 3.8) is 0 Å². The number of hydrogen-bond acceptors (Lipinski definition) is 6. The van der Waals surface area contributed by atoms with Gasteiger partial charge in [-0.15, -0.1) is 22.7 Å². The molecule has 1 N–H and O–H groups in total. The summed E-state index contributed by atoms with van der Waals surface area (Å²) in [5.74, 6) is 6.13. The molecule has 0 spiro atoms. The molecule has 2 heterocycles. The highest BCUT2D eigenvalue weighted by Crippen LogP contribution is 2.41. The van der Waals surface area contributed by atoms with Crippen LogP contribution in [0.4, 0.5) is 5.69 Å². The zero-order valence-corrected chi connectivity index (χ0v) is 25.0. The average Bonchev–Trinajstić information content (AvgIpc) is 3.45. The van der Waals surface area contributed by atoms with Crippen molar-refractivity contribution in [3.05, 3.63) is 26.9 Å². The molecular formula is C29H38N2O3S3. The van der Waals surface area contributed by atoms with Crippen LogP contribution in [0.1, 0.15) is 98.5 Å². The number of hydrogen-bond donors (Lipinski definition) is 1. The van der Waals surface area contributed by atoms with Crippen molar-refractivity contribution in [2.24, 2.45) is 17.3 Å². The summed E-state index contributed by atoms with van der Waals surface area (Å²) in [5, 5.41) is 10.6. The van der Waals surface area contributed by atoms with Crippen LogP contribution in [0.2, 0.25) is 0 Å². The summed E-state index contributed by atoms with van der Waals surface area (Å²) in [7, 11) is 0. The number of carboxylic acid groups (broad SMARTS) is 1. The van der Waals surface area contributed by atoms with E-state index in [1.165, 1.54) is 16.2 Å². The fraction of sp³-hybridized carbons (Fsp3) is 0.621. The Balaban J connectivity index is 1.61. The van der Waals surface area contributed by atoms with Crippen molar-refractivity contribution in [1.29, 1.82) is 0 Å². The smallest absolute Gasteiger partial charge is 0.348 e. The number of thiazole rings is 1. The number of aryl methyl sites for hydroxylation is 1. The second kappa shape index (κ2) is 11.9. The number of nitrogens with zero attached hydrogens (tertiary/aromatic N) is 2. The van der Waals surface area contributed by atoms with E-state index in [1.807, 2.05) is 49.7 Å². The molecule has 2 saturated carbocycles. The molecule has 8 heteroatoms. The number of carbonyl (C=O) groups excluding carboxylic acids is 1. The van der Waals surface area contributed by atoms with E-state index in [2.05, 4.69) is 30.7 Å². The molecule has 37 heavy (non-hydrogen) atoms. The van der Waals surface area contributed by atoms with Crippen LogP contribution in [0.25, 0.3) is 0 Å². The topological polar surface area (TPSA) is 70.5 Å². The number of thioether (sulfide) groups is 1. The Morgan fingerprint density at radius 3 is 2.32 bits per heavy atom. The Kier molecular flexibility index (Phi) is 9.09. The van der Waals surface area contributed by atoms with Crippen LogP contribution < -0.4 is 4.90 Å². The van der Waals surface area contributed by atoms with E-state index in [0.29, 0.717) is 21.7 Å². The monoisotopic (exact) mass is 558 g/mol. The summed E-state index contributed by atoms with van der Waals surface area (Å²) in [6, 6.07) is 1.87. The van der Waals surface area contributed by atoms with Crippen molar-refractivity contribution in [1.82, 2.24) is 4.98 Å². The third-order valence-electron chi connectivity index (χ3n) is 7.21. The standard InChI is InChI=1S/C29H38N2O3S3/c1-18-6-8-20(9-7-18)26(32)31(21-10-12-22(13-11-21)37-28-30-17-19(2)35-28)24-16-23(14-15-29(3,4)5)36-25(24)27(33)34/h16-18,20-22H,6-13H2,1-5H3,(H,33,34). The zero-order valence-electron chi connectivity index (χ0n) is 22.5. The summed E-state index contributed by atoms with van der Waals surface area (Å²) in [4.78, 5) is 35.0. The quantitative estimate of drug-likeness (QED) is 0.365. The van der Waals surface area contributed by atoms with Gasteiger partial charge in [0.05, 0.1) is 10.6 Å². The largest absolute Gasteiger partial charge is 0.477 e. The first-order chi connectivity index (χ1) is 17.5. The number of aromatic carboxylic acids is 1. The van der Waals surface area contributed by atoms with Gasteiger partial charge in [0.25, 0.3) is 0 Å². The zero-order chi connectivity index (χ0) is 26.7. The van der Waals surface area contributed by atoms with Gasteiger partial charge in [-0.25, -0.2) is 9.78 Å². The Morgan fingerprint density at radius 1 is 1.08 bits per heavy atom. The molecule has 5 nitrogen and oxygen atoms in total. The summed E-state index contributed by atoms with van der Waals surface area (Å²) >= 11 is 4.77. The van der Waals surface area contributed by atoms with Crippen LogP contribution in [-0.4, -0.2) is 33.3 Å². The lowest BCUT2D eigenvalue weighted by Gasteiger charge is -2.39. The minimum absolute atomic E-state index is 0.0119. The molecule has 2 aromatic heterocycles. The van der Waals surface area contributed by atoms with Gasteiger partial charge < -0.3 is 10.0 Å². The van der Waals surface area contributed by atoms with E-state index in [1.54, 1.807) is 11.3 Å². The molecule has 0 unspecified atom stereocenters. The molecular weight excluding hydrogens is 521 g/mol. The minimum atomic E-state index is -0.984. The van der Waals surface area contributed by atoms with Gasteiger partial charge in [-0.05, 0) is 91.0 Å². The van der Waals surface area contributed by atoms with Gasteiger partial charge >= 0.3 is 5.97 Å². The van der Waals surface area contributed by atoms with E-state index < -0.39 is 5.97 Å². The fourth-order valence-electron chi connectivity index (χ4n) is 5.18. The van der Waals surface area contributed by atoms with E-state index in [-0.39, 0.29) is 28.2 Å². The molecule has 4 rings (SSSR count). The number of rotatable bonds is 6. The van der Waals surface area contributed by atoms with Crippen LogP contribution in [0.3, 0.4) is 0 Å². The van der Waals surface area contributed by atoms with Crippen molar-refractivity contribution >= 4 is 52.0 Å². The highest BCUT2D eigenvalue weighted by molar-refractivity contribution is 8.01. The van der Waals surface area contributed by atoms with Gasteiger partial charge in [0.15, 0.2) is 0 Å². The van der Waals surface area contributed by atoms with Crippen LogP contribution in [-0.2, 0) is 4.79 Å². The normalized spacial score (nSPS) is 24.2. The van der Waals surface area contributed by atoms with Gasteiger partial charge in [0.1, 0.15) is 9.22 Å². The predicted octanol–water partition coefficient (Wildman–Crippen LogP) is 7.87. The summed E-state index contributed by atoms with van der Waals surface area (Å²) in [6.07, 6.45) is 9.52. The molecule has 0 radical (unpaired) electrons. The maximum Gasteiger partial charge on any atom is 0.348 e. The highest BCUT2D eigenvalue weighted by atomic mass is 32.2. The maximum atomic E-state index is 14.1. The second-order valence-electron chi connectivity index (χ2n) is 11.6. The fourth-order valence-corrected chi connectivity index (χ4v) is 8.41. The third kappa shape index (κ3) is 7.40. The molecule has 0 bridgehead atoms. The summed E-state index contributed by atoms with van der Waals surface area (Å²) < 4.78 is 1.11. The van der Waals surface area contributed by atoms with Crippen LogP contribution >= 0.6 is 34.4 Å². The van der Waals surface area contributed by atoms with Crippen molar-refractivity contribution in [3.8, 4) is 11.8 Å². The molecule has 0 atom stereocenters. The molecule has 2 fully saturated rings. The Bertz CT molecular complexity index is 1170. The van der Waals surface area contributed by atoms with E-state index in [0.717, 1.165) is 55.7 Å². The first kappa shape index (κ1) is 28.2. The minimum Gasteiger partial charge on any atom is -0.477 e. The maximum absolute atomic E-state index is 14.1. The van der Waals surface area contributed by atoms with Crippen LogP contribution in [0.15, 0.2) is 16.6 Å². The Morgan fingerprint density at radius 2 is 1.76 bits per heavy atom. The van der Waals surface area contributed by atoms with E-state index in [9.17, 15) is 14.7 Å². The van der Waals surface area contributed by atoms with Crippen molar-refractivity contribution in [2.45, 2.75) is 102 Å². The lowest BCUT2D eigenvalue weighted by molar-refractivity contribution is -0.124. The average molecular weight is 559 g/mol.